The molecule has 9 nitrogen and oxygen atoms in total. The quantitative estimate of drug-likeness (QED) is 0.417. The van der Waals surface area contributed by atoms with Crippen LogP contribution in [0.5, 0.6) is 5.75 Å². The van der Waals surface area contributed by atoms with Crippen molar-refractivity contribution in [2.24, 2.45) is 0 Å². The predicted molar refractivity (Wildman–Crippen MR) is 130 cm³/mol. The van der Waals surface area contributed by atoms with E-state index >= 15 is 0 Å². The van der Waals surface area contributed by atoms with Crippen LogP contribution in [0.2, 0.25) is 0 Å². The summed E-state index contributed by atoms with van der Waals surface area (Å²) in [6, 6.07) is 4.25. The number of hydrogen-bond acceptors (Lipinski definition) is 7. The highest BCUT2D eigenvalue weighted by atomic mass is 16.5. The highest BCUT2D eigenvalue weighted by molar-refractivity contribution is 6.05. The van der Waals surface area contributed by atoms with Gasteiger partial charge in [0, 0.05) is 37.2 Å². The molecule has 0 amide bonds. The third kappa shape index (κ3) is 3.93. The molecule has 4 aromatic rings. The molecule has 1 saturated heterocycles. The summed E-state index contributed by atoms with van der Waals surface area (Å²) in [7, 11) is 3.43. The summed E-state index contributed by atoms with van der Waals surface area (Å²) >= 11 is 0. The van der Waals surface area contributed by atoms with Crippen LogP contribution in [0, 0.1) is 13.8 Å². The summed E-state index contributed by atoms with van der Waals surface area (Å²) < 4.78 is 24.7. The van der Waals surface area contributed by atoms with Gasteiger partial charge in [0.25, 0.3) is 0 Å². The highest BCUT2D eigenvalue weighted by Gasteiger charge is 2.27. The average molecular weight is 469 g/mol. The van der Waals surface area contributed by atoms with Gasteiger partial charge in [-0.1, -0.05) is 5.16 Å². The minimum Gasteiger partial charge on any atom is -0.496 e. The van der Waals surface area contributed by atoms with Crippen LogP contribution < -0.4 is 4.74 Å². The van der Waals surface area contributed by atoms with Gasteiger partial charge in [0.1, 0.15) is 22.9 Å². The number of rotatable bonds is 6. The van der Waals surface area contributed by atoms with Crippen molar-refractivity contribution in [2.75, 3.05) is 34.0 Å². The predicted octanol–water partition coefficient (Wildman–Crippen LogP) is 4.14. The summed E-state index contributed by atoms with van der Waals surface area (Å²) in [6.07, 6.45) is 3.81. The average Bonchev–Trinajstić information content (AvgIpc) is 3.38. The minimum absolute atomic E-state index is 0. The third-order valence-electron chi connectivity index (χ3n) is 6.60. The maximum atomic E-state index is 5.84. The van der Waals surface area contributed by atoms with E-state index in [1.165, 1.54) is 0 Å². The first-order valence-corrected chi connectivity index (χ1v) is 11.4. The van der Waals surface area contributed by atoms with Crippen LogP contribution in [-0.4, -0.2) is 59.2 Å². The number of aryl methyl sites for hydroxylation is 2. The van der Waals surface area contributed by atoms with E-state index in [1.807, 2.05) is 20.0 Å². The van der Waals surface area contributed by atoms with Crippen molar-refractivity contribution in [3.63, 3.8) is 0 Å². The van der Waals surface area contributed by atoms with E-state index in [0.29, 0.717) is 12.5 Å². The van der Waals surface area contributed by atoms with Crippen molar-refractivity contribution in [2.45, 2.75) is 45.6 Å². The van der Waals surface area contributed by atoms with Gasteiger partial charge in [0.05, 0.1) is 48.2 Å². The Kier molecular flexibility index (Phi) is 6.88. The van der Waals surface area contributed by atoms with E-state index in [0.717, 1.165) is 82.1 Å². The molecule has 0 bridgehead atoms. The van der Waals surface area contributed by atoms with Gasteiger partial charge in [-0.3, -0.25) is 4.98 Å². The molecule has 1 aliphatic rings. The second-order valence-corrected chi connectivity index (χ2v) is 8.79. The number of pyridine rings is 1. The summed E-state index contributed by atoms with van der Waals surface area (Å²) in [6.45, 7) is 8.15. The fraction of sp³-hybridized carbons (Fsp3) is 0.480. The molecule has 1 fully saturated rings. The summed E-state index contributed by atoms with van der Waals surface area (Å²) in [5.41, 5.74) is 5.52. The summed E-state index contributed by atoms with van der Waals surface area (Å²) in [5.74, 6) is 2.95. The molecule has 0 aliphatic carbocycles. The largest absolute Gasteiger partial charge is 0.496 e. The summed E-state index contributed by atoms with van der Waals surface area (Å²) in [4.78, 5) is 9.85. The Morgan fingerprint density at radius 1 is 1.15 bits per heavy atom. The smallest absolute Gasteiger partial charge is 0.141 e. The van der Waals surface area contributed by atoms with Gasteiger partial charge in [0.15, 0.2) is 0 Å². The van der Waals surface area contributed by atoms with Crippen LogP contribution in [0.3, 0.4) is 0 Å². The molecule has 5 rings (SSSR count). The number of hydrogen-bond donors (Lipinski definition) is 0. The Balaban J connectivity index is 0.00000274. The lowest BCUT2D eigenvalue weighted by Crippen LogP contribution is -2.21. The second-order valence-electron chi connectivity index (χ2n) is 8.79. The van der Waals surface area contributed by atoms with Gasteiger partial charge >= 0.3 is 0 Å². The normalized spacial score (nSPS) is 15.6. The van der Waals surface area contributed by atoms with Crippen LogP contribution in [0.1, 0.15) is 49.0 Å². The van der Waals surface area contributed by atoms with Crippen LogP contribution >= 0.6 is 0 Å². The Bertz CT molecular complexity index is 1290. The number of aromatic nitrogens is 4. The van der Waals surface area contributed by atoms with Gasteiger partial charge in [-0.2, -0.15) is 0 Å². The first kappa shape index (κ1) is 24.1. The molecule has 0 radical (unpaired) electrons. The lowest BCUT2D eigenvalue weighted by atomic mass is 9.99. The van der Waals surface area contributed by atoms with Crippen molar-refractivity contribution < 1.29 is 24.2 Å². The van der Waals surface area contributed by atoms with E-state index in [-0.39, 0.29) is 11.5 Å². The number of fused-ring (bicyclic) bond motifs is 3. The number of imidazole rings is 1. The Hall–Kier alpha value is -3.01. The Morgan fingerprint density at radius 3 is 2.56 bits per heavy atom. The molecule has 0 unspecified atom stereocenters. The van der Waals surface area contributed by atoms with Gasteiger partial charge in [-0.25, -0.2) is 4.98 Å². The first-order valence-electron chi connectivity index (χ1n) is 11.4. The minimum atomic E-state index is 0. The molecule has 2 N–H and O–H groups in total. The zero-order chi connectivity index (χ0) is 23.1. The molecule has 1 aromatic carbocycles. The number of nitrogens with zero attached hydrogens (tertiary/aromatic N) is 4. The Labute approximate surface area is 198 Å². The zero-order valence-corrected chi connectivity index (χ0v) is 20.3. The van der Waals surface area contributed by atoms with Crippen molar-refractivity contribution in [3.05, 3.63) is 35.6 Å². The lowest BCUT2D eigenvalue weighted by molar-refractivity contribution is 0.0817. The van der Waals surface area contributed by atoms with Crippen LogP contribution in [-0.2, 0) is 9.47 Å². The molecule has 34 heavy (non-hydrogen) atoms. The van der Waals surface area contributed by atoms with Gasteiger partial charge in [-0.15, -0.1) is 0 Å². The summed E-state index contributed by atoms with van der Waals surface area (Å²) in [5, 5.41) is 5.13. The maximum Gasteiger partial charge on any atom is 0.141 e. The van der Waals surface area contributed by atoms with Crippen LogP contribution in [0.25, 0.3) is 33.1 Å². The molecular formula is C25H32N4O5. The van der Waals surface area contributed by atoms with Crippen molar-refractivity contribution in [1.29, 1.82) is 0 Å². The molecule has 9 heteroatoms. The lowest BCUT2D eigenvalue weighted by Gasteiger charge is -2.25. The van der Waals surface area contributed by atoms with Crippen molar-refractivity contribution in [1.82, 2.24) is 19.7 Å². The van der Waals surface area contributed by atoms with Gasteiger partial charge in [0.2, 0.25) is 0 Å². The first-order chi connectivity index (χ1) is 16.0. The molecule has 3 aromatic heterocycles. The molecule has 1 atom stereocenters. The topological polar surface area (TPSA) is 116 Å². The standard InChI is InChI=1S/C25H30N4O4.H2O/c1-14(13-30-4)29-24-18-11-22(31-5)19(23-15(2)28-33-16(23)3)10-20(18)26-12-21(24)27-25(29)17-6-8-32-9-7-17;/h10-12,14,17H,6-9,13H2,1-5H3;1H2/t14-;/m1./s1. The van der Waals surface area contributed by atoms with E-state index in [2.05, 4.69) is 28.8 Å². The monoisotopic (exact) mass is 468 g/mol. The number of ether oxygens (including phenoxy) is 3. The number of methoxy groups -OCH3 is 2. The van der Waals surface area contributed by atoms with Gasteiger partial charge in [-0.05, 0) is 45.7 Å². The van der Waals surface area contributed by atoms with Crippen molar-refractivity contribution in [3.8, 4) is 16.9 Å². The maximum absolute atomic E-state index is 5.84. The Morgan fingerprint density at radius 2 is 1.91 bits per heavy atom. The molecule has 182 valence electrons. The van der Waals surface area contributed by atoms with Crippen LogP contribution in [0.4, 0.5) is 0 Å². The zero-order valence-electron chi connectivity index (χ0n) is 20.3. The van der Waals surface area contributed by atoms with E-state index < -0.39 is 0 Å². The molecular weight excluding hydrogens is 436 g/mol. The second kappa shape index (κ2) is 9.69. The fourth-order valence-corrected chi connectivity index (χ4v) is 5.06. The van der Waals surface area contributed by atoms with Crippen LogP contribution in [0.15, 0.2) is 22.9 Å². The molecule has 0 saturated carbocycles. The van der Waals surface area contributed by atoms with E-state index in [4.69, 9.17) is 28.7 Å². The third-order valence-corrected chi connectivity index (χ3v) is 6.60. The fourth-order valence-electron chi connectivity index (χ4n) is 5.06. The van der Waals surface area contributed by atoms with Crippen molar-refractivity contribution >= 4 is 21.9 Å². The van der Waals surface area contributed by atoms with E-state index in [1.54, 1.807) is 14.2 Å². The van der Waals surface area contributed by atoms with E-state index in [9.17, 15) is 0 Å². The number of benzene rings is 1. The van der Waals surface area contributed by atoms with Gasteiger partial charge < -0.3 is 28.8 Å². The SMILES string of the molecule is COC[C@@H](C)n1c(C2CCOCC2)nc2cnc3cc(-c4c(C)noc4C)c(OC)cc3c21.O. The molecule has 4 heterocycles. The highest BCUT2D eigenvalue weighted by Crippen LogP contribution is 2.40. The molecule has 0 spiro atoms. The molecule has 1 aliphatic heterocycles.